The zero-order chi connectivity index (χ0) is 14.8. The zero-order valence-corrected chi connectivity index (χ0v) is 13.1. The van der Waals surface area contributed by atoms with E-state index in [1.807, 2.05) is 35.7 Å². The van der Waals surface area contributed by atoms with Crippen molar-refractivity contribution in [2.75, 3.05) is 6.54 Å². The molecule has 0 bridgehead atoms. The van der Waals surface area contributed by atoms with Crippen LogP contribution >= 0.6 is 11.3 Å². The van der Waals surface area contributed by atoms with Crippen LogP contribution < -0.4 is 0 Å². The van der Waals surface area contributed by atoms with Gasteiger partial charge in [-0.2, -0.15) is 0 Å². The normalized spacial score (nSPS) is 14.7. The van der Waals surface area contributed by atoms with Crippen LogP contribution in [0.1, 0.15) is 16.1 Å². The van der Waals surface area contributed by atoms with Crippen molar-refractivity contribution in [2.24, 2.45) is 0 Å². The summed E-state index contributed by atoms with van der Waals surface area (Å²) in [5.41, 5.74) is 3.56. The van der Waals surface area contributed by atoms with E-state index in [0.29, 0.717) is 0 Å². The maximum absolute atomic E-state index is 4.81. The summed E-state index contributed by atoms with van der Waals surface area (Å²) in [5, 5.41) is 2.14. The predicted octanol–water partition coefficient (Wildman–Crippen LogP) is 3.76. The Labute approximate surface area is 134 Å². The van der Waals surface area contributed by atoms with Crippen LogP contribution in [0.5, 0.6) is 0 Å². The fraction of sp³-hybridized carbons (Fsp3) is 0.222. The lowest BCUT2D eigenvalue weighted by Crippen LogP contribution is -2.30. The van der Waals surface area contributed by atoms with Crippen LogP contribution in [-0.4, -0.2) is 21.4 Å². The van der Waals surface area contributed by atoms with Crippen LogP contribution in [0.25, 0.3) is 11.4 Å². The Balaban J connectivity index is 1.58. The lowest BCUT2D eigenvalue weighted by atomic mass is 10.1. The molecule has 0 N–H and O–H groups in total. The second kappa shape index (κ2) is 5.99. The third kappa shape index (κ3) is 2.80. The highest BCUT2D eigenvalue weighted by molar-refractivity contribution is 7.09. The van der Waals surface area contributed by atoms with Gasteiger partial charge in [-0.15, -0.1) is 11.3 Å². The number of benzene rings is 1. The standard InChI is InChI=1S/C18H17N3S/c1-2-5-14(6-3-1)18-19-11-15-8-9-21(13-17(15)20-18)12-16-7-4-10-22-16/h1-7,10-11H,8-9,12-13H2. The quantitative estimate of drug-likeness (QED) is 0.737. The molecule has 0 atom stereocenters. The van der Waals surface area contributed by atoms with E-state index in [9.17, 15) is 0 Å². The molecule has 22 heavy (non-hydrogen) atoms. The number of rotatable bonds is 3. The number of hydrogen-bond acceptors (Lipinski definition) is 4. The molecule has 110 valence electrons. The van der Waals surface area contributed by atoms with Gasteiger partial charge in [-0.05, 0) is 23.4 Å². The first-order valence-corrected chi connectivity index (χ1v) is 8.41. The Hall–Kier alpha value is -2.04. The molecule has 1 aromatic carbocycles. The van der Waals surface area contributed by atoms with Gasteiger partial charge >= 0.3 is 0 Å². The number of hydrogen-bond donors (Lipinski definition) is 0. The van der Waals surface area contributed by atoms with E-state index >= 15 is 0 Å². The average Bonchev–Trinajstić information content (AvgIpc) is 3.08. The molecular formula is C18H17N3S. The highest BCUT2D eigenvalue weighted by Crippen LogP contribution is 2.22. The van der Waals surface area contributed by atoms with Crippen molar-refractivity contribution in [1.29, 1.82) is 0 Å². The minimum absolute atomic E-state index is 0.831. The van der Waals surface area contributed by atoms with Gasteiger partial charge in [0, 0.05) is 36.3 Å². The van der Waals surface area contributed by atoms with Crippen molar-refractivity contribution in [3.63, 3.8) is 0 Å². The molecule has 0 fully saturated rings. The Morgan fingerprint density at radius 1 is 1.09 bits per heavy atom. The number of thiophene rings is 1. The van der Waals surface area contributed by atoms with Gasteiger partial charge in [-0.1, -0.05) is 36.4 Å². The molecule has 3 heterocycles. The lowest BCUT2D eigenvalue weighted by Gasteiger charge is -2.27. The van der Waals surface area contributed by atoms with Crippen LogP contribution in [0, 0.1) is 0 Å². The molecule has 4 rings (SSSR count). The number of fused-ring (bicyclic) bond motifs is 1. The van der Waals surface area contributed by atoms with Gasteiger partial charge in [0.15, 0.2) is 5.82 Å². The molecule has 0 saturated heterocycles. The van der Waals surface area contributed by atoms with Crippen molar-refractivity contribution in [1.82, 2.24) is 14.9 Å². The maximum Gasteiger partial charge on any atom is 0.159 e. The summed E-state index contributed by atoms with van der Waals surface area (Å²) in [6.07, 6.45) is 3.04. The van der Waals surface area contributed by atoms with E-state index in [0.717, 1.165) is 37.4 Å². The number of aromatic nitrogens is 2. The molecule has 4 heteroatoms. The molecule has 3 aromatic rings. The fourth-order valence-electron chi connectivity index (χ4n) is 2.84. The van der Waals surface area contributed by atoms with Crippen LogP contribution in [0.4, 0.5) is 0 Å². The summed E-state index contributed by atoms with van der Waals surface area (Å²) in [6, 6.07) is 14.5. The average molecular weight is 307 g/mol. The van der Waals surface area contributed by atoms with Crippen molar-refractivity contribution in [2.45, 2.75) is 19.5 Å². The number of nitrogens with zero attached hydrogens (tertiary/aromatic N) is 3. The SMILES string of the molecule is c1ccc(-c2ncc3c(n2)CN(Cc2cccs2)CC3)cc1. The van der Waals surface area contributed by atoms with Crippen molar-refractivity contribution in [3.8, 4) is 11.4 Å². The van der Waals surface area contributed by atoms with Crippen LogP contribution in [0.3, 0.4) is 0 Å². The largest absolute Gasteiger partial charge is 0.292 e. The van der Waals surface area contributed by atoms with Gasteiger partial charge in [0.2, 0.25) is 0 Å². The summed E-state index contributed by atoms with van der Waals surface area (Å²) in [7, 11) is 0. The Bertz CT molecular complexity index is 753. The molecule has 0 spiro atoms. The molecule has 0 saturated carbocycles. The summed E-state index contributed by atoms with van der Waals surface area (Å²) < 4.78 is 0. The monoisotopic (exact) mass is 307 g/mol. The molecular weight excluding hydrogens is 290 g/mol. The predicted molar refractivity (Wildman–Crippen MR) is 89.6 cm³/mol. The van der Waals surface area contributed by atoms with Gasteiger partial charge in [0.05, 0.1) is 5.69 Å². The highest BCUT2D eigenvalue weighted by atomic mass is 32.1. The van der Waals surface area contributed by atoms with Crippen molar-refractivity contribution in [3.05, 3.63) is 70.2 Å². The Morgan fingerprint density at radius 2 is 2.00 bits per heavy atom. The maximum atomic E-state index is 4.81. The molecule has 3 nitrogen and oxygen atoms in total. The minimum Gasteiger partial charge on any atom is -0.292 e. The minimum atomic E-state index is 0.831. The molecule has 2 aromatic heterocycles. The summed E-state index contributed by atoms with van der Waals surface area (Å²) in [6.45, 7) is 3.01. The summed E-state index contributed by atoms with van der Waals surface area (Å²) in [5.74, 6) is 0.831. The summed E-state index contributed by atoms with van der Waals surface area (Å²) >= 11 is 1.82. The first-order valence-electron chi connectivity index (χ1n) is 7.53. The molecule has 1 aliphatic rings. The lowest BCUT2D eigenvalue weighted by molar-refractivity contribution is 0.243. The van der Waals surface area contributed by atoms with Gasteiger partial charge < -0.3 is 0 Å². The van der Waals surface area contributed by atoms with E-state index in [1.165, 1.54) is 16.1 Å². The molecule has 0 unspecified atom stereocenters. The van der Waals surface area contributed by atoms with Crippen molar-refractivity contribution >= 4 is 11.3 Å². The van der Waals surface area contributed by atoms with Gasteiger partial charge in [-0.25, -0.2) is 9.97 Å². The van der Waals surface area contributed by atoms with E-state index < -0.39 is 0 Å². The third-order valence-corrected chi connectivity index (χ3v) is 4.88. The van der Waals surface area contributed by atoms with E-state index in [-0.39, 0.29) is 0 Å². The van der Waals surface area contributed by atoms with Gasteiger partial charge in [-0.3, -0.25) is 4.90 Å². The second-order valence-corrected chi connectivity index (χ2v) is 6.60. The first kappa shape index (κ1) is 13.6. The van der Waals surface area contributed by atoms with E-state index in [2.05, 4.69) is 39.5 Å². The van der Waals surface area contributed by atoms with Crippen LogP contribution in [0.2, 0.25) is 0 Å². The van der Waals surface area contributed by atoms with Gasteiger partial charge in [0.25, 0.3) is 0 Å². The topological polar surface area (TPSA) is 29.0 Å². The second-order valence-electron chi connectivity index (χ2n) is 5.57. The molecule has 0 radical (unpaired) electrons. The Morgan fingerprint density at radius 3 is 2.82 bits per heavy atom. The molecule has 0 amide bonds. The Kier molecular flexibility index (Phi) is 3.70. The third-order valence-electron chi connectivity index (χ3n) is 4.02. The molecule has 1 aliphatic heterocycles. The first-order chi connectivity index (χ1) is 10.9. The van der Waals surface area contributed by atoms with E-state index in [1.54, 1.807) is 0 Å². The smallest absolute Gasteiger partial charge is 0.159 e. The van der Waals surface area contributed by atoms with Gasteiger partial charge in [0.1, 0.15) is 0 Å². The van der Waals surface area contributed by atoms with Crippen LogP contribution in [-0.2, 0) is 19.5 Å². The van der Waals surface area contributed by atoms with Crippen LogP contribution in [0.15, 0.2) is 54.0 Å². The fourth-order valence-corrected chi connectivity index (χ4v) is 3.59. The highest BCUT2D eigenvalue weighted by Gasteiger charge is 2.19. The summed E-state index contributed by atoms with van der Waals surface area (Å²) in [4.78, 5) is 13.2. The van der Waals surface area contributed by atoms with Crippen molar-refractivity contribution < 1.29 is 0 Å². The van der Waals surface area contributed by atoms with E-state index in [4.69, 9.17) is 4.98 Å². The molecule has 0 aliphatic carbocycles. The zero-order valence-electron chi connectivity index (χ0n) is 12.3.